The molecule has 25 heavy (non-hydrogen) atoms. The number of carbonyl (C=O) groups is 1. The lowest BCUT2D eigenvalue weighted by Crippen LogP contribution is -2.51. The summed E-state index contributed by atoms with van der Waals surface area (Å²) in [5.41, 5.74) is 2.52. The SMILES string of the molecule is Cc1ccc(Cc2cnc(NC(=O)N3CCN(C(C)C)CC3)s2)cc1. The number of urea groups is 1. The lowest BCUT2D eigenvalue weighted by Gasteiger charge is -2.36. The summed E-state index contributed by atoms with van der Waals surface area (Å²) in [6.45, 7) is 9.88. The van der Waals surface area contributed by atoms with Gasteiger partial charge >= 0.3 is 6.03 Å². The number of rotatable bonds is 4. The number of carbonyl (C=O) groups excluding carboxylic acids is 1. The quantitative estimate of drug-likeness (QED) is 0.908. The first-order chi connectivity index (χ1) is 12.0. The summed E-state index contributed by atoms with van der Waals surface area (Å²) in [6, 6.07) is 9.02. The predicted molar refractivity (Wildman–Crippen MR) is 103 cm³/mol. The van der Waals surface area contributed by atoms with Crippen LogP contribution in [0.3, 0.4) is 0 Å². The Morgan fingerprint density at radius 1 is 1.20 bits per heavy atom. The lowest BCUT2D eigenvalue weighted by atomic mass is 10.1. The van der Waals surface area contributed by atoms with Crippen LogP contribution in [0, 0.1) is 6.92 Å². The number of hydrogen-bond acceptors (Lipinski definition) is 4. The molecule has 5 nitrogen and oxygen atoms in total. The molecular formula is C19H26N4OS. The van der Waals surface area contributed by atoms with Gasteiger partial charge < -0.3 is 4.90 Å². The summed E-state index contributed by atoms with van der Waals surface area (Å²) in [4.78, 5) is 22.2. The van der Waals surface area contributed by atoms with Crippen LogP contribution >= 0.6 is 11.3 Å². The Balaban J connectivity index is 1.52. The maximum Gasteiger partial charge on any atom is 0.323 e. The number of amides is 2. The van der Waals surface area contributed by atoms with Gasteiger partial charge in [0.1, 0.15) is 0 Å². The molecule has 0 spiro atoms. The molecule has 0 radical (unpaired) electrons. The van der Waals surface area contributed by atoms with Crippen LogP contribution in [-0.2, 0) is 6.42 Å². The van der Waals surface area contributed by atoms with Gasteiger partial charge in [0.2, 0.25) is 0 Å². The molecule has 1 aliphatic rings. The van der Waals surface area contributed by atoms with Crippen LogP contribution in [0.4, 0.5) is 9.93 Å². The van der Waals surface area contributed by atoms with Crippen LogP contribution in [-0.4, -0.2) is 53.0 Å². The summed E-state index contributed by atoms with van der Waals surface area (Å²) in [5.74, 6) is 0. The van der Waals surface area contributed by atoms with Crippen molar-refractivity contribution in [3.63, 3.8) is 0 Å². The number of benzene rings is 1. The fourth-order valence-electron chi connectivity index (χ4n) is 2.97. The molecule has 1 saturated heterocycles. The third kappa shape index (κ3) is 4.80. The highest BCUT2D eigenvalue weighted by molar-refractivity contribution is 7.15. The Morgan fingerprint density at radius 2 is 1.88 bits per heavy atom. The highest BCUT2D eigenvalue weighted by atomic mass is 32.1. The van der Waals surface area contributed by atoms with Crippen LogP contribution in [0.5, 0.6) is 0 Å². The normalized spacial score (nSPS) is 15.6. The highest BCUT2D eigenvalue weighted by Crippen LogP contribution is 2.22. The molecule has 1 aromatic carbocycles. The Hall–Kier alpha value is -1.92. The fourth-order valence-corrected chi connectivity index (χ4v) is 3.80. The molecule has 0 saturated carbocycles. The van der Waals surface area contributed by atoms with Gasteiger partial charge in [0, 0.05) is 49.7 Å². The number of anilines is 1. The summed E-state index contributed by atoms with van der Waals surface area (Å²) >= 11 is 1.55. The molecule has 0 unspecified atom stereocenters. The van der Waals surface area contributed by atoms with Gasteiger partial charge in [0.05, 0.1) is 0 Å². The zero-order chi connectivity index (χ0) is 17.8. The van der Waals surface area contributed by atoms with Crippen molar-refractivity contribution in [3.8, 4) is 0 Å². The number of hydrogen-bond donors (Lipinski definition) is 1. The Morgan fingerprint density at radius 3 is 2.52 bits per heavy atom. The molecule has 1 aliphatic heterocycles. The van der Waals surface area contributed by atoms with Crippen molar-refractivity contribution >= 4 is 22.5 Å². The van der Waals surface area contributed by atoms with Crippen LogP contribution in [0.15, 0.2) is 30.5 Å². The van der Waals surface area contributed by atoms with E-state index in [0.717, 1.165) is 37.5 Å². The fraction of sp³-hybridized carbons (Fsp3) is 0.474. The van der Waals surface area contributed by atoms with Crippen molar-refractivity contribution in [3.05, 3.63) is 46.5 Å². The van der Waals surface area contributed by atoms with Crippen LogP contribution < -0.4 is 5.32 Å². The topological polar surface area (TPSA) is 48.5 Å². The van der Waals surface area contributed by atoms with Gasteiger partial charge in [-0.05, 0) is 26.3 Å². The minimum Gasteiger partial charge on any atom is -0.322 e. The number of aromatic nitrogens is 1. The molecule has 1 aromatic heterocycles. The number of aryl methyl sites for hydroxylation is 1. The van der Waals surface area contributed by atoms with Crippen LogP contribution in [0.2, 0.25) is 0 Å². The minimum atomic E-state index is -0.0420. The van der Waals surface area contributed by atoms with Gasteiger partial charge in [-0.3, -0.25) is 10.2 Å². The molecule has 0 atom stereocenters. The van der Waals surface area contributed by atoms with Crippen molar-refractivity contribution < 1.29 is 4.79 Å². The summed E-state index contributed by atoms with van der Waals surface area (Å²) in [5, 5.41) is 3.63. The maximum atomic E-state index is 12.4. The minimum absolute atomic E-state index is 0.0420. The lowest BCUT2D eigenvalue weighted by molar-refractivity contribution is 0.125. The number of nitrogens with zero attached hydrogens (tertiary/aromatic N) is 3. The van der Waals surface area contributed by atoms with Crippen LogP contribution in [0.1, 0.15) is 29.9 Å². The van der Waals surface area contributed by atoms with Crippen LogP contribution in [0.25, 0.3) is 0 Å². The van der Waals surface area contributed by atoms with Gasteiger partial charge in [-0.15, -0.1) is 11.3 Å². The first kappa shape index (κ1) is 17.9. The number of thiazole rings is 1. The second-order valence-corrected chi connectivity index (χ2v) is 7.96. The van der Waals surface area contributed by atoms with E-state index in [-0.39, 0.29) is 6.03 Å². The first-order valence-electron chi connectivity index (χ1n) is 8.81. The third-order valence-corrected chi connectivity index (χ3v) is 5.51. The van der Waals surface area contributed by atoms with E-state index in [0.29, 0.717) is 11.2 Å². The van der Waals surface area contributed by atoms with E-state index in [4.69, 9.17) is 0 Å². The van der Waals surface area contributed by atoms with Crippen molar-refractivity contribution in [2.24, 2.45) is 0 Å². The van der Waals surface area contributed by atoms with Gasteiger partial charge in [0.15, 0.2) is 5.13 Å². The van der Waals surface area contributed by atoms with E-state index in [9.17, 15) is 4.79 Å². The number of piperazine rings is 1. The zero-order valence-corrected chi connectivity index (χ0v) is 16.0. The predicted octanol–water partition coefficient (Wildman–Crippen LogP) is 3.60. The Bertz CT molecular complexity index is 702. The van der Waals surface area contributed by atoms with Crippen molar-refractivity contribution in [1.29, 1.82) is 0 Å². The summed E-state index contributed by atoms with van der Waals surface area (Å²) < 4.78 is 0. The van der Waals surface area contributed by atoms with Gasteiger partial charge in [-0.25, -0.2) is 9.78 Å². The average molecular weight is 359 g/mol. The molecule has 134 valence electrons. The molecule has 3 rings (SSSR count). The van der Waals surface area contributed by atoms with E-state index >= 15 is 0 Å². The molecule has 2 aromatic rings. The largest absolute Gasteiger partial charge is 0.323 e. The first-order valence-corrected chi connectivity index (χ1v) is 9.63. The Labute approximate surface area is 153 Å². The highest BCUT2D eigenvalue weighted by Gasteiger charge is 2.22. The van der Waals surface area contributed by atoms with E-state index in [2.05, 4.69) is 60.2 Å². The molecule has 1 N–H and O–H groups in total. The van der Waals surface area contributed by atoms with E-state index in [1.807, 2.05) is 11.1 Å². The van der Waals surface area contributed by atoms with E-state index < -0.39 is 0 Å². The van der Waals surface area contributed by atoms with Crippen molar-refractivity contribution in [1.82, 2.24) is 14.8 Å². The second-order valence-electron chi connectivity index (χ2n) is 6.84. The zero-order valence-electron chi connectivity index (χ0n) is 15.2. The third-order valence-electron chi connectivity index (χ3n) is 4.60. The second kappa shape index (κ2) is 7.97. The van der Waals surface area contributed by atoms with E-state index in [1.54, 1.807) is 11.3 Å². The average Bonchev–Trinajstić information content (AvgIpc) is 3.04. The van der Waals surface area contributed by atoms with Crippen molar-refractivity contribution in [2.75, 3.05) is 31.5 Å². The molecule has 0 bridgehead atoms. The van der Waals surface area contributed by atoms with E-state index in [1.165, 1.54) is 11.1 Å². The standard InChI is InChI=1S/C19H26N4OS/c1-14(2)22-8-10-23(11-9-22)19(24)21-18-20-13-17(25-18)12-16-6-4-15(3)5-7-16/h4-7,13-14H,8-12H2,1-3H3,(H,20,21,24). The molecule has 2 amide bonds. The monoisotopic (exact) mass is 358 g/mol. The van der Waals surface area contributed by atoms with Crippen molar-refractivity contribution in [2.45, 2.75) is 33.2 Å². The molecule has 6 heteroatoms. The van der Waals surface area contributed by atoms with Gasteiger partial charge in [0.25, 0.3) is 0 Å². The molecule has 1 fully saturated rings. The maximum absolute atomic E-state index is 12.4. The van der Waals surface area contributed by atoms with Gasteiger partial charge in [-0.2, -0.15) is 0 Å². The molecular weight excluding hydrogens is 332 g/mol. The smallest absolute Gasteiger partial charge is 0.322 e. The van der Waals surface area contributed by atoms with Gasteiger partial charge in [-0.1, -0.05) is 29.8 Å². The summed E-state index contributed by atoms with van der Waals surface area (Å²) in [7, 11) is 0. The summed E-state index contributed by atoms with van der Waals surface area (Å²) in [6.07, 6.45) is 2.71. The molecule has 2 heterocycles. The molecule has 0 aliphatic carbocycles. The number of nitrogens with one attached hydrogen (secondary N) is 1. The Kier molecular flexibility index (Phi) is 5.71.